The summed E-state index contributed by atoms with van der Waals surface area (Å²) in [7, 11) is 0. The van der Waals surface area contributed by atoms with Crippen molar-refractivity contribution in [2.45, 2.75) is 27.2 Å². The van der Waals surface area contributed by atoms with Gasteiger partial charge in [-0.2, -0.15) is 13.3 Å². The molecule has 0 radical (unpaired) electrons. The first-order chi connectivity index (χ1) is 3.83. The van der Waals surface area contributed by atoms with Crippen LogP contribution in [0.2, 0.25) is 0 Å². The van der Waals surface area contributed by atoms with Crippen molar-refractivity contribution in [3.63, 3.8) is 0 Å². The van der Waals surface area contributed by atoms with E-state index in [4.69, 9.17) is 0 Å². The van der Waals surface area contributed by atoms with E-state index in [2.05, 4.69) is 19.2 Å². The van der Waals surface area contributed by atoms with Crippen LogP contribution in [0.4, 0.5) is 0 Å². The van der Waals surface area contributed by atoms with E-state index < -0.39 is 0 Å². The molecule has 1 nitrogen and oxygen atoms in total. The molecule has 0 rings (SSSR count). The van der Waals surface area contributed by atoms with Gasteiger partial charge in [-0.3, -0.25) is 6.54 Å². The van der Waals surface area contributed by atoms with Gasteiger partial charge in [0.25, 0.3) is 0 Å². The summed E-state index contributed by atoms with van der Waals surface area (Å²) >= 11 is 0. The van der Waals surface area contributed by atoms with Crippen molar-refractivity contribution in [1.29, 1.82) is 0 Å². The molecule has 0 aliphatic carbocycles. The summed E-state index contributed by atoms with van der Waals surface area (Å²) in [6, 6.07) is 0. The molecule has 0 atom stereocenters. The molecule has 2 heteroatoms. The molecule has 0 aliphatic rings. The fraction of sp³-hybridized carbons (Fsp3) is 0.714. The van der Waals surface area contributed by atoms with Crippen LogP contribution in [0.25, 0.3) is 0 Å². The van der Waals surface area contributed by atoms with E-state index in [1.807, 2.05) is 20.4 Å². The minimum Gasteiger partial charge on any atom is -0.470 e. The molecule has 0 saturated carbocycles. The molecule has 0 aromatic carbocycles. The first-order valence-corrected chi connectivity index (χ1v) is 3.13. The minimum atomic E-state index is 0. The van der Waals surface area contributed by atoms with E-state index in [9.17, 15) is 0 Å². The minimum absolute atomic E-state index is 0. The fourth-order valence-corrected chi connectivity index (χ4v) is 0.204. The van der Waals surface area contributed by atoms with Gasteiger partial charge in [0.05, 0.1) is 0 Å². The van der Waals surface area contributed by atoms with Crippen LogP contribution in [-0.2, 0) is 0 Å². The average molecular weight is 353 g/mol. The monoisotopic (exact) mass is 353 g/mol. The molecule has 54 valence electrons. The molecule has 0 unspecified atom stereocenters. The van der Waals surface area contributed by atoms with Gasteiger partial charge in [-0.25, -0.2) is 0 Å². The first-order valence-electron chi connectivity index (χ1n) is 3.13. The van der Waals surface area contributed by atoms with Gasteiger partial charge < -0.3 is 12.2 Å². The third kappa shape index (κ3) is 48.8. The van der Waals surface area contributed by atoms with Crippen molar-refractivity contribution in [2.24, 2.45) is 0 Å². The summed E-state index contributed by atoms with van der Waals surface area (Å²) in [6.07, 6.45) is 1.00. The predicted octanol–water partition coefficient (Wildman–Crippen LogP) is 2.01. The molecule has 0 aromatic rings. The third-order valence-corrected chi connectivity index (χ3v) is 0.408. The molecular weight excluding hydrogens is 336 g/mol. The zero-order chi connectivity index (χ0) is 6.83. The summed E-state index contributed by atoms with van der Waals surface area (Å²) < 4.78 is 0. The van der Waals surface area contributed by atoms with Crippen LogP contribution in [-0.4, -0.2) is 6.54 Å². The molecule has 9 heavy (non-hydrogen) atoms. The SMILES string of the molecule is C[CH-]NCC.[CH2-]CC.[U+2]. The number of hydrogen-bond donors (Lipinski definition) is 1. The number of rotatable bonds is 2. The third-order valence-electron chi connectivity index (χ3n) is 0.408. The topological polar surface area (TPSA) is 12.0 Å². The van der Waals surface area contributed by atoms with E-state index in [1.165, 1.54) is 0 Å². The van der Waals surface area contributed by atoms with Crippen molar-refractivity contribution in [2.75, 3.05) is 6.54 Å². The second-order valence-corrected chi connectivity index (χ2v) is 1.35. The van der Waals surface area contributed by atoms with Gasteiger partial charge in [0.2, 0.25) is 0 Å². The van der Waals surface area contributed by atoms with E-state index >= 15 is 0 Å². The van der Waals surface area contributed by atoms with Crippen molar-refractivity contribution < 1.29 is 31.1 Å². The molecular formula is C7H17NU. The molecule has 0 amide bonds. The van der Waals surface area contributed by atoms with Crippen LogP contribution in [0.15, 0.2) is 0 Å². The maximum atomic E-state index is 3.49. The van der Waals surface area contributed by atoms with Crippen LogP contribution >= 0.6 is 0 Å². The molecule has 0 fully saturated rings. The molecule has 0 saturated heterocycles. The summed E-state index contributed by atoms with van der Waals surface area (Å²) in [6.45, 7) is 12.5. The van der Waals surface area contributed by atoms with Crippen molar-refractivity contribution in [3.8, 4) is 0 Å². The Morgan fingerprint density at radius 2 is 1.78 bits per heavy atom. The van der Waals surface area contributed by atoms with Crippen molar-refractivity contribution in [1.82, 2.24) is 5.32 Å². The van der Waals surface area contributed by atoms with Gasteiger partial charge in [0.15, 0.2) is 0 Å². The molecule has 1 N–H and O–H groups in total. The maximum Gasteiger partial charge on any atom is 2.00 e. The summed E-state index contributed by atoms with van der Waals surface area (Å²) in [5.41, 5.74) is 0. The van der Waals surface area contributed by atoms with Crippen LogP contribution in [0, 0.1) is 44.6 Å². The number of hydrogen-bond acceptors (Lipinski definition) is 1. The Labute approximate surface area is 83.4 Å². The largest absolute Gasteiger partial charge is 2.00 e. The molecule has 0 bridgehead atoms. The Morgan fingerprint density at radius 3 is 1.78 bits per heavy atom. The number of nitrogens with one attached hydrogen (secondary N) is 1. The zero-order valence-corrected chi connectivity index (χ0v) is 10.9. The quantitative estimate of drug-likeness (QED) is 0.749. The van der Waals surface area contributed by atoms with Gasteiger partial charge in [-0.05, 0) is 6.54 Å². The van der Waals surface area contributed by atoms with Crippen LogP contribution in [0.1, 0.15) is 27.2 Å². The molecule has 0 heterocycles. The average Bonchev–Trinajstić information content (AvgIpc) is 1.71. The van der Waals surface area contributed by atoms with Crippen molar-refractivity contribution >= 4 is 0 Å². The van der Waals surface area contributed by atoms with Crippen molar-refractivity contribution in [3.05, 3.63) is 13.5 Å². The van der Waals surface area contributed by atoms with E-state index in [0.717, 1.165) is 13.0 Å². The van der Waals surface area contributed by atoms with Gasteiger partial charge in [0, 0.05) is 0 Å². The van der Waals surface area contributed by atoms with E-state index in [1.54, 1.807) is 0 Å². The Balaban J connectivity index is -0.0000000800. The zero-order valence-electron chi connectivity index (χ0n) is 6.70. The molecule has 0 spiro atoms. The summed E-state index contributed by atoms with van der Waals surface area (Å²) in [5.74, 6) is 0. The normalized spacial score (nSPS) is 6.67. The summed E-state index contributed by atoms with van der Waals surface area (Å²) in [5, 5.41) is 2.99. The van der Waals surface area contributed by atoms with Gasteiger partial charge in [-0.1, -0.05) is 13.8 Å². The smallest absolute Gasteiger partial charge is 0.470 e. The predicted molar refractivity (Wildman–Crippen MR) is 39.3 cm³/mol. The molecule has 0 aromatic heterocycles. The Morgan fingerprint density at radius 1 is 1.44 bits per heavy atom. The fourth-order valence-electron chi connectivity index (χ4n) is 0.204. The van der Waals surface area contributed by atoms with E-state index in [0.29, 0.717) is 0 Å². The van der Waals surface area contributed by atoms with Crippen LogP contribution < -0.4 is 5.32 Å². The Kier molecular flexibility index (Phi) is 42.3. The Bertz CT molecular complexity index is 22.9. The van der Waals surface area contributed by atoms with Gasteiger partial charge in [-0.15, -0.1) is 0 Å². The second-order valence-electron chi connectivity index (χ2n) is 1.35. The maximum absolute atomic E-state index is 3.49. The summed E-state index contributed by atoms with van der Waals surface area (Å²) in [4.78, 5) is 0. The van der Waals surface area contributed by atoms with Gasteiger partial charge in [0.1, 0.15) is 0 Å². The first kappa shape index (κ1) is 16.5. The molecule has 0 aliphatic heterocycles. The van der Waals surface area contributed by atoms with Crippen LogP contribution in [0.5, 0.6) is 0 Å². The standard InChI is InChI=1S/C4H10N.C3H7.U/c1-3-5-4-2;1-3-2;/h3,5H,4H2,1-2H3;1,3H2,2H3;/q2*-1;+2. The Hall–Kier alpha value is 1.01. The van der Waals surface area contributed by atoms with Crippen LogP contribution in [0.3, 0.4) is 0 Å². The second kappa shape index (κ2) is 23.0. The van der Waals surface area contributed by atoms with Gasteiger partial charge >= 0.3 is 31.1 Å². The van der Waals surface area contributed by atoms with E-state index in [-0.39, 0.29) is 31.1 Å².